The average Bonchev–Trinajstić information content (AvgIpc) is 2.50. The third kappa shape index (κ3) is 1.99. The number of aliphatic hydroxyl groups excluding tert-OH is 1. The first-order chi connectivity index (χ1) is 5.66. The lowest BCUT2D eigenvalue weighted by Crippen LogP contribution is -2.42. The zero-order valence-corrected chi connectivity index (χ0v) is 8.45. The highest BCUT2D eigenvalue weighted by molar-refractivity contribution is 4.85. The molecule has 0 aromatic heterocycles. The van der Waals surface area contributed by atoms with E-state index in [1.54, 1.807) is 0 Å². The molecule has 1 rings (SSSR count). The predicted octanol–water partition coefficient (Wildman–Crippen LogP) is 1.63. The van der Waals surface area contributed by atoms with Crippen LogP contribution in [-0.4, -0.2) is 34.7 Å². The number of nitrogens with zero attached hydrogens (tertiary/aromatic N) is 1. The number of hydrogen-bond acceptors (Lipinski definition) is 2. The van der Waals surface area contributed by atoms with Crippen LogP contribution in [0.3, 0.4) is 0 Å². The van der Waals surface area contributed by atoms with Gasteiger partial charge in [-0.25, -0.2) is 0 Å². The first-order valence-corrected chi connectivity index (χ1v) is 5.10. The molecule has 1 fully saturated rings. The van der Waals surface area contributed by atoms with Gasteiger partial charge in [0.1, 0.15) is 0 Å². The Morgan fingerprint density at radius 2 is 2.17 bits per heavy atom. The van der Waals surface area contributed by atoms with Gasteiger partial charge in [-0.3, -0.25) is 4.90 Å². The molecule has 1 aliphatic heterocycles. The Balaban J connectivity index is 2.51. The monoisotopic (exact) mass is 171 g/mol. The van der Waals surface area contributed by atoms with Gasteiger partial charge < -0.3 is 5.11 Å². The number of rotatable bonds is 3. The van der Waals surface area contributed by atoms with Crippen LogP contribution in [0.15, 0.2) is 0 Å². The second kappa shape index (κ2) is 4.24. The molecular weight excluding hydrogens is 150 g/mol. The summed E-state index contributed by atoms with van der Waals surface area (Å²) in [6, 6.07) is 1.01. The van der Waals surface area contributed by atoms with Crippen molar-refractivity contribution >= 4 is 0 Å². The highest BCUT2D eigenvalue weighted by atomic mass is 16.3. The Hall–Kier alpha value is -0.0800. The van der Waals surface area contributed by atoms with Gasteiger partial charge in [0, 0.05) is 12.1 Å². The van der Waals surface area contributed by atoms with Crippen LogP contribution in [0.25, 0.3) is 0 Å². The molecule has 0 saturated carbocycles. The topological polar surface area (TPSA) is 23.5 Å². The molecule has 72 valence electrons. The molecule has 12 heavy (non-hydrogen) atoms. The lowest BCUT2D eigenvalue weighted by atomic mass is 10.1. The van der Waals surface area contributed by atoms with Gasteiger partial charge in [0.15, 0.2) is 0 Å². The van der Waals surface area contributed by atoms with Crippen LogP contribution in [0, 0.1) is 0 Å². The van der Waals surface area contributed by atoms with Crippen molar-refractivity contribution in [1.82, 2.24) is 4.90 Å². The predicted molar refractivity (Wildman–Crippen MR) is 51.2 cm³/mol. The Labute approximate surface area is 75.6 Å². The minimum Gasteiger partial charge on any atom is -0.392 e. The summed E-state index contributed by atoms with van der Waals surface area (Å²) in [6.07, 6.45) is 3.19. The van der Waals surface area contributed by atoms with Crippen molar-refractivity contribution in [2.45, 2.75) is 58.2 Å². The molecule has 0 amide bonds. The van der Waals surface area contributed by atoms with E-state index in [0.717, 1.165) is 6.42 Å². The molecular formula is C10H21NO. The summed E-state index contributed by atoms with van der Waals surface area (Å²) in [5.74, 6) is 0. The Bertz CT molecular complexity index is 136. The van der Waals surface area contributed by atoms with Gasteiger partial charge in [0.25, 0.3) is 0 Å². The minimum atomic E-state index is -0.116. The molecule has 1 heterocycles. The van der Waals surface area contributed by atoms with Crippen molar-refractivity contribution in [3.05, 3.63) is 0 Å². The van der Waals surface area contributed by atoms with Gasteiger partial charge in [-0.1, -0.05) is 6.92 Å². The third-order valence-corrected chi connectivity index (χ3v) is 2.87. The number of likely N-dealkylation sites (tertiary alicyclic amines) is 1. The van der Waals surface area contributed by atoms with Crippen LogP contribution in [0.5, 0.6) is 0 Å². The summed E-state index contributed by atoms with van der Waals surface area (Å²) in [5, 5.41) is 9.74. The normalized spacial score (nSPS) is 28.2. The summed E-state index contributed by atoms with van der Waals surface area (Å²) in [7, 11) is 0. The quantitative estimate of drug-likeness (QED) is 0.697. The van der Waals surface area contributed by atoms with Crippen LogP contribution in [0.4, 0.5) is 0 Å². The molecule has 0 aliphatic carbocycles. The smallest absolute Gasteiger partial charge is 0.0692 e. The van der Waals surface area contributed by atoms with E-state index in [9.17, 15) is 5.11 Å². The highest BCUT2D eigenvalue weighted by Crippen LogP contribution is 2.23. The Kier molecular flexibility index (Phi) is 3.53. The average molecular weight is 171 g/mol. The molecule has 0 bridgehead atoms. The molecule has 2 heteroatoms. The second-order valence-corrected chi connectivity index (χ2v) is 4.02. The van der Waals surface area contributed by atoms with Crippen LogP contribution < -0.4 is 0 Å². The van der Waals surface area contributed by atoms with E-state index in [4.69, 9.17) is 0 Å². The van der Waals surface area contributed by atoms with Crippen LogP contribution in [-0.2, 0) is 0 Å². The maximum absolute atomic E-state index is 9.74. The molecule has 1 aliphatic rings. The van der Waals surface area contributed by atoms with E-state index in [0.29, 0.717) is 12.1 Å². The van der Waals surface area contributed by atoms with Crippen LogP contribution >= 0.6 is 0 Å². The summed E-state index contributed by atoms with van der Waals surface area (Å²) in [4.78, 5) is 2.42. The lowest BCUT2D eigenvalue weighted by molar-refractivity contribution is 0.0552. The highest BCUT2D eigenvalue weighted by Gasteiger charge is 2.30. The zero-order valence-electron chi connectivity index (χ0n) is 8.45. The number of aliphatic hydroxyl groups is 1. The molecule has 2 unspecified atom stereocenters. The summed E-state index contributed by atoms with van der Waals surface area (Å²) in [5.41, 5.74) is 0. The SMILES string of the molecule is CCC(O)C1CCCN1C(C)C. The largest absolute Gasteiger partial charge is 0.392 e. The third-order valence-electron chi connectivity index (χ3n) is 2.87. The van der Waals surface area contributed by atoms with Crippen molar-refractivity contribution in [3.63, 3.8) is 0 Å². The van der Waals surface area contributed by atoms with Gasteiger partial charge >= 0.3 is 0 Å². The summed E-state index contributed by atoms with van der Waals surface area (Å²) < 4.78 is 0. The fourth-order valence-corrected chi connectivity index (χ4v) is 2.14. The van der Waals surface area contributed by atoms with E-state index < -0.39 is 0 Å². The summed E-state index contributed by atoms with van der Waals surface area (Å²) >= 11 is 0. The van der Waals surface area contributed by atoms with Crippen molar-refractivity contribution < 1.29 is 5.11 Å². The maximum Gasteiger partial charge on any atom is 0.0692 e. The maximum atomic E-state index is 9.74. The van der Waals surface area contributed by atoms with Gasteiger partial charge in [-0.15, -0.1) is 0 Å². The van der Waals surface area contributed by atoms with E-state index in [1.807, 2.05) is 0 Å². The van der Waals surface area contributed by atoms with Gasteiger partial charge in [-0.05, 0) is 39.7 Å². The molecule has 2 atom stereocenters. The molecule has 0 radical (unpaired) electrons. The first kappa shape index (κ1) is 10.0. The minimum absolute atomic E-state index is 0.116. The van der Waals surface area contributed by atoms with E-state index >= 15 is 0 Å². The zero-order chi connectivity index (χ0) is 9.14. The van der Waals surface area contributed by atoms with Crippen molar-refractivity contribution in [3.8, 4) is 0 Å². The number of hydrogen-bond donors (Lipinski definition) is 1. The standard InChI is InChI=1S/C10H21NO/c1-4-10(12)9-6-5-7-11(9)8(2)3/h8-10,12H,4-7H2,1-3H3. The van der Waals surface area contributed by atoms with Crippen LogP contribution in [0.2, 0.25) is 0 Å². The fraction of sp³-hybridized carbons (Fsp3) is 1.00. The molecule has 2 nitrogen and oxygen atoms in total. The van der Waals surface area contributed by atoms with Gasteiger partial charge in [0.2, 0.25) is 0 Å². The van der Waals surface area contributed by atoms with E-state index in [1.165, 1.54) is 19.4 Å². The van der Waals surface area contributed by atoms with E-state index in [-0.39, 0.29) is 6.10 Å². The van der Waals surface area contributed by atoms with Crippen LogP contribution in [0.1, 0.15) is 40.0 Å². The van der Waals surface area contributed by atoms with Gasteiger partial charge in [0.05, 0.1) is 6.10 Å². The molecule has 1 N–H and O–H groups in total. The molecule has 0 aromatic carbocycles. The van der Waals surface area contributed by atoms with Gasteiger partial charge in [-0.2, -0.15) is 0 Å². The Morgan fingerprint density at radius 1 is 1.50 bits per heavy atom. The second-order valence-electron chi connectivity index (χ2n) is 4.02. The molecule has 0 spiro atoms. The van der Waals surface area contributed by atoms with Crippen molar-refractivity contribution in [2.75, 3.05) is 6.54 Å². The van der Waals surface area contributed by atoms with E-state index in [2.05, 4.69) is 25.7 Å². The lowest BCUT2D eigenvalue weighted by Gasteiger charge is -2.31. The Morgan fingerprint density at radius 3 is 2.67 bits per heavy atom. The summed E-state index contributed by atoms with van der Waals surface area (Å²) in [6.45, 7) is 7.64. The van der Waals surface area contributed by atoms with Crippen molar-refractivity contribution in [2.24, 2.45) is 0 Å². The molecule has 0 aromatic rings. The fourth-order valence-electron chi connectivity index (χ4n) is 2.14. The first-order valence-electron chi connectivity index (χ1n) is 5.10. The molecule has 1 saturated heterocycles. The van der Waals surface area contributed by atoms with Crippen molar-refractivity contribution in [1.29, 1.82) is 0 Å².